The van der Waals surface area contributed by atoms with Crippen LogP contribution in [-0.4, -0.2) is 41.5 Å². The molecule has 1 aromatic rings. The monoisotopic (exact) mass is 322 g/mol. The normalized spacial score (nSPS) is 29.2. The zero-order chi connectivity index (χ0) is 13.2. The van der Waals surface area contributed by atoms with E-state index >= 15 is 0 Å². The molecule has 2 fully saturated rings. The highest BCUT2D eigenvalue weighted by molar-refractivity contribution is 9.10. The summed E-state index contributed by atoms with van der Waals surface area (Å²) in [4.78, 5) is 5.37. The molecule has 0 bridgehead atoms. The molecule has 3 rings (SSSR count). The van der Waals surface area contributed by atoms with Crippen LogP contribution in [0.2, 0.25) is 0 Å². The van der Waals surface area contributed by atoms with Crippen molar-refractivity contribution in [1.29, 1.82) is 0 Å². The van der Waals surface area contributed by atoms with Crippen molar-refractivity contribution in [2.45, 2.75) is 44.8 Å². The average molecular weight is 323 g/mol. The lowest BCUT2D eigenvalue weighted by Crippen LogP contribution is -2.58. The summed E-state index contributed by atoms with van der Waals surface area (Å²) in [6.07, 6.45) is 4.20. The topological polar surface area (TPSA) is 6.48 Å². The van der Waals surface area contributed by atoms with Crippen LogP contribution >= 0.6 is 15.9 Å². The van der Waals surface area contributed by atoms with Crippen molar-refractivity contribution >= 4 is 15.9 Å². The van der Waals surface area contributed by atoms with E-state index in [0.29, 0.717) is 6.04 Å². The zero-order valence-corrected chi connectivity index (χ0v) is 13.3. The van der Waals surface area contributed by atoms with Gasteiger partial charge in [0.15, 0.2) is 0 Å². The van der Waals surface area contributed by atoms with E-state index in [1.165, 1.54) is 48.9 Å². The summed E-state index contributed by atoms with van der Waals surface area (Å²) in [5, 5.41) is 0. The molecule has 2 aliphatic heterocycles. The largest absolute Gasteiger partial charge is 0.298 e. The van der Waals surface area contributed by atoms with Crippen molar-refractivity contribution in [3.63, 3.8) is 0 Å². The molecule has 2 nitrogen and oxygen atoms in total. The van der Waals surface area contributed by atoms with Gasteiger partial charge in [-0.3, -0.25) is 9.80 Å². The summed E-state index contributed by atoms with van der Waals surface area (Å²) in [6, 6.07) is 10.1. The summed E-state index contributed by atoms with van der Waals surface area (Å²) in [5.74, 6) is 0. The first kappa shape index (κ1) is 13.6. The highest BCUT2D eigenvalue weighted by Gasteiger charge is 2.32. The number of hydrogen-bond donors (Lipinski definition) is 0. The summed E-state index contributed by atoms with van der Waals surface area (Å²) >= 11 is 3.67. The Hall–Kier alpha value is -0.380. The van der Waals surface area contributed by atoms with E-state index in [4.69, 9.17) is 0 Å². The van der Waals surface area contributed by atoms with Crippen LogP contribution in [-0.2, 0) is 6.54 Å². The third-order valence-electron chi connectivity index (χ3n) is 4.65. The number of fused-ring (bicyclic) bond motifs is 1. The summed E-state index contributed by atoms with van der Waals surface area (Å²) in [7, 11) is 0. The molecule has 3 heteroatoms. The fraction of sp³-hybridized carbons (Fsp3) is 0.625. The van der Waals surface area contributed by atoms with Crippen LogP contribution in [0.3, 0.4) is 0 Å². The van der Waals surface area contributed by atoms with Crippen LogP contribution in [0, 0.1) is 0 Å². The van der Waals surface area contributed by atoms with Gasteiger partial charge in [-0.1, -0.05) is 40.5 Å². The van der Waals surface area contributed by atoms with Gasteiger partial charge in [-0.2, -0.15) is 0 Å². The first-order valence-corrected chi connectivity index (χ1v) is 8.25. The lowest BCUT2D eigenvalue weighted by atomic mass is 9.97. The van der Waals surface area contributed by atoms with Gasteiger partial charge in [0.2, 0.25) is 0 Å². The van der Waals surface area contributed by atoms with Crippen molar-refractivity contribution in [3.05, 3.63) is 34.3 Å². The Morgan fingerprint density at radius 1 is 1.21 bits per heavy atom. The summed E-state index contributed by atoms with van der Waals surface area (Å²) in [6.45, 7) is 7.25. The van der Waals surface area contributed by atoms with Crippen LogP contribution in [0.25, 0.3) is 0 Å². The smallest absolute Gasteiger partial charge is 0.0248 e. The lowest BCUT2D eigenvalue weighted by molar-refractivity contribution is 0.0110. The molecular formula is C16H23BrN2. The predicted octanol–water partition coefficient (Wildman–Crippen LogP) is 3.51. The molecule has 0 aromatic heterocycles. The van der Waals surface area contributed by atoms with Crippen molar-refractivity contribution in [2.24, 2.45) is 0 Å². The first-order chi connectivity index (χ1) is 9.24. The fourth-order valence-electron chi connectivity index (χ4n) is 3.48. The van der Waals surface area contributed by atoms with Crippen LogP contribution in [0.5, 0.6) is 0 Å². The Balaban J connectivity index is 1.69. The maximum absolute atomic E-state index is 3.67. The molecule has 104 valence electrons. The summed E-state index contributed by atoms with van der Waals surface area (Å²) in [5.41, 5.74) is 1.42. The number of halogens is 1. The molecular weight excluding hydrogens is 300 g/mol. The average Bonchev–Trinajstić information content (AvgIpc) is 2.42. The molecule has 0 radical (unpaired) electrons. The number of rotatable bonds is 2. The van der Waals surface area contributed by atoms with E-state index in [1.807, 2.05) is 0 Å². The van der Waals surface area contributed by atoms with Gasteiger partial charge < -0.3 is 0 Å². The molecule has 19 heavy (non-hydrogen) atoms. The standard InChI is InChI=1S/C16H23BrN2/c1-13-10-18-9-5-4-7-15(18)12-19(13)11-14-6-2-3-8-16(14)17/h2-3,6,8,13,15H,4-5,7,9-12H2,1H3/t13-,15-/m0/s1. The highest BCUT2D eigenvalue weighted by Crippen LogP contribution is 2.26. The Kier molecular flexibility index (Phi) is 4.25. The lowest BCUT2D eigenvalue weighted by Gasteiger charge is -2.47. The molecule has 2 aliphatic rings. The van der Waals surface area contributed by atoms with Gasteiger partial charge in [0, 0.05) is 36.2 Å². The van der Waals surface area contributed by atoms with E-state index in [1.54, 1.807) is 0 Å². The molecule has 0 spiro atoms. The van der Waals surface area contributed by atoms with Gasteiger partial charge in [0.05, 0.1) is 0 Å². The van der Waals surface area contributed by atoms with E-state index in [-0.39, 0.29) is 0 Å². The number of nitrogens with zero attached hydrogens (tertiary/aromatic N) is 2. The Morgan fingerprint density at radius 2 is 2.05 bits per heavy atom. The van der Waals surface area contributed by atoms with Crippen LogP contribution in [0.4, 0.5) is 0 Å². The molecule has 0 saturated carbocycles. The van der Waals surface area contributed by atoms with Gasteiger partial charge in [0.1, 0.15) is 0 Å². The summed E-state index contributed by atoms with van der Waals surface area (Å²) < 4.78 is 1.24. The number of piperidine rings is 1. The van der Waals surface area contributed by atoms with Gasteiger partial charge in [-0.05, 0) is 37.9 Å². The predicted molar refractivity (Wildman–Crippen MR) is 83.2 cm³/mol. The molecule has 2 heterocycles. The number of piperazine rings is 1. The van der Waals surface area contributed by atoms with E-state index in [9.17, 15) is 0 Å². The third kappa shape index (κ3) is 3.04. The molecule has 1 aromatic carbocycles. The highest BCUT2D eigenvalue weighted by atomic mass is 79.9. The van der Waals surface area contributed by atoms with E-state index in [0.717, 1.165) is 12.6 Å². The third-order valence-corrected chi connectivity index (χ3v) is 5.42. The minimum absolute atomic E-state index is 0.668. The zero-order valence-electron chi connectivity index (χ0n) is 11.7. The molecule has 2 atom stereocenters. The van der Waals surface area contributed by atoms with Crippen molar-refractivity contribution in [1.82, 2.24) is 9.80 Å². The van der Waals surface area contributed by atoms with Crippen LogP contribution < -0.4 is 0 Å². The quantitative estimate of drug-likeness (QED) is 0.822. The Morgan fingerprint density at radius 3 is 2.89 bits per heavy atom. The Bertz CT molecular complexity index is 435. The molecule has 2 saturated heterocycles. The van der Waals surface area contributed by atoms with Gasteiger partial charge in [-0.25, -0.2) is 0 Å². The Labute approximate surface area is 124 Å². The first-order valence-electron chi connectivity index (χ1n) is 7.45. The minimum atomic E-state index is 0.668. The SMILES string of the molecule is C[C@H]1CN2CCCC[C@H]2CN1Cc1ccccc1Br. The second kappa shape index (κ2) is 5.94. The van der Waals surface area contributed by atoms with Crippen molar-refractivity contribution in [3.8, 4) is 0 Å². The van der Waals surface area contributed by atoms with Gasteiger partial charge in [-0.15, -0.1) is 0 Å². The van der Waals surface area contributed by atoms with Crippen LogP contribution in [0.1, 0.15) is 31.7 Å². The van der Waals surface area contributed by atoms with Gasteiger partial charge in [0.25, 0.3) is 0 Å². The van der Waals surface area contributed by atoms with E-state index < -0.39 is 0 Å². The van der Waals surface area contributed by atoms with E-state index in [2.05, 4.69) is 56.9 Å². The van der Waals surface area contributed by atoms with Crippen molar-refractivity contribution < 1.29 is 0 Å². The molecule has 0 aliphatic carbocycles. The second-order valence-corrected chi connectivity index (χ2v) is 6.87. The number of benzene rings is 1. The van der Waals surface area contributed by atoms with Crippen LogP contribution in [0.15, 0.2) is 28.7 Å². The molecule has 0 unspecified atom stereocenters. The maximum Gasteiger partial charge on any atom is 0.0248 e. The van der Waals surface area contributed by atoms with Gasteiger partial charge >= 0.3 is 0 Å². The molecule has 0 N–H and O–H groups in total. The molecule has 0 amide bonds. The second-order valence-electron chi connectivity index (χ2n) is 6.01. The number of hydrogen-bond acceptors (Lipinski definition) is 2. The van der Waals surface area contributed by atoms with Crippen molar-refractivity contribution in [2.75, 3.05) is 19.6 Å². The maximum atomic E-state index is 3.67. The minimum Gasteiger partial charge on any atom is -0.298 e. The fourth-order valence-corrected chi connectivity index (χ4v) is 3.89.